The molecule has 24 heavy (non-hydrogen) atoms. The lowest BCUT2D eigenvalue weighted by Gasteiger charge is -2.25. The number of benzene rings is 1. The van der Waals surface area contributed by atoms with Gasteiger partial charge in [-0.3, -0.25) is 14.5 Å². The van der Waals surface area contributed by atoms with Crippen molar-refractivity contribution < 1.29 is 14.4 Å². The van der Waals surface area contributed by atoms with E-state index in [1.54, 1.807) is 4.90 Å². The van der Waals surface area contributed by atoms with Gasteiger partial charge >= 0.3 is 6.03 Å². The second-order valence-electron chi connectivity index (χ2n) is 7.06. The number of fused-ring (bicyclic) bond motifs is 1. The Hall–Kier alpha value is -2.37. The van der Waals surface area contributed by atoms with Crippen molar-refractivity contribution in [1.82, 2.24) is 10.2 Å². The maximum atomic E-state index is 12.8. The van der Waals surface area contributed by atoms with Crippen LogP contribution >= 0.6 is 0 Å². The Balaban J connectivity index is 1.55. The minimum absolute atomic E-state index is 0.0381. The lowest BCUT2D eigenvalue weighted by atomic mass is 9.98. The summed E-state index contributed by atoms with van der Waals surface area (Å²) < 4.78 is 0. The molecule has 4 rings (SSSR count). The topological polar surface area (TPSA) is 69.7 Å². The fourth-order valence-electron chi connectivity index (χ4n) is 4.29. The van der Waals surface area contributed by atoms with Crippen molar-refractivity contribution in [2.75, 3.05) is 11.4 Å². The van der Waals surface area contributed by atoms with Gasteiger partial charge in [0.25, 0.3) is 5.91 Å². The minimum atomic E-state index is -0.758. The van der Waals surface area contributed by atoms with Crippen LogP contribution in [0.3, 0.4) is 0 Å². The summed E-state index contributed by atoms with van der Waals surface area (Å²) in [4.78, 5) is 40.6. The van der Waals surface area contributed by atoms with Crippen LogP contribution in [0.5, 0.6) is 0 Å². The number of hydrogen-bond acceptors (Lipinski definition) is 3. The molecule has 1 saturated heterocycles. The number of nitrogens with zero attached hydrogens (tertiary/aromatic N) is 2. The van der Waals surface area contributed by atoms with Crippen LogP contribution in [0.15, 0.2) is 24.3 Å². The molecule has 2 fully saturated rings. The standard InChI is InChI=1S/C18H21N3O3/c1-12-10-13-6-2-3-7-14(13)21(12)15(22)11-20-16(23)18(19-17(20)24)8-4-5-9-18/h2-3,6-7,12H,4-5,8-11H2,1H3,(H,19,24). The Bertz CT molecular complexity index is 724. The van der Waals surface area contributed by atoms with Gasteiger partial charge in [-0.15, -0.1) is 0 Å². The molecule has 1 unspecified atom stereocenters. The van der Waals surface area contributed by atoms with Gasteiger partial charge in [0.05, 0.1) is 0 Å². The fraction of sp³-hybridized carbons (Fsp3) is 0.500. The average molecular weight is 327 g/mol. The van der Waals surface area contributed by atoms with Crippen molar-refractivity contribution >= 4 is 23.5 Å². The third-order valence-electron chi connectivity index (χ3n) is 5.47. The van der Waals surface area contributed by atoms with E-state index in [-0.39, 0.29) is 24.4 Å². The monoisotopic (exact) mass is 327 g/mol. The van der Waals surface area contributed by atoms with Gasteiger partial charge in [-0.2, -0.15) is 0 Å². The Morgan fingerprint density at radius 2 is 1.96 bits per heavy atom. The van der Waals surface area contributed by atoms with Gasteiger partial charge in [-0.25, -0.2) is 4.79 Å². The maximum absolute atomic E-state index is 12.8. The number of rotatable bonds is 2. The molecule has 6 heteroatoms. The highest BCUT2D eigenvalue weighted by molar-refractivity contribution is 6.10. The molecule has 2 aliphatic heterocycles. The summed E-state index contributed by atoms with van der Waals surface area (Å²) in [6, 6.07) is 7.40. The number of hydrogen-bond donors (Lipinski definition) is 1. The molecular weight excluding hydrogens is 306 g/mol. The number of carbonyl (C=O) groups excluding carboxylic acids is 3. The Morgan fingerprint density at radius 1 is 1.25 bits per heavy atom. The third-order valence-corrected chi connectivity index (χ3v) is 5.47. The van der Waals surface area contributed by atoms with Crippen LogP contribution in [0.2, 0.25) is 0 Å². The summed E-state index contributed by atoms with van der Waals surface area (Å²) >= 11 is 0. The zero-order valence-electron chi connectivity index (χ0n) is 13.7. The van der Waals surface area contributed by atoms with Gasteiger partial charge in [0.2, 0.25) is 5.91 Å². The number of nitrogens with one attached hydrogen (secondary N) is 1. The molecule has 1 atom stereocenters. The van der Waals surface area contributed by atoms with Crippen LogP contribution < -0.4 is 10.2 Å². The van der Waals surface area contributed by atoms with Gasteiger partial charge in [-0.05, 0) is 37.8 Å². The molecule has 1 aromatic carbocycles. The molecule has 1 aromatic rings. The summed E-state index contributed by atoms with van der Waals surface area (Å²) in [5.41, 5.74) is 1.26. The predicted molar refractivity (Wildman–Crippen MR) is 88.5 cm³/mol. The Morgan fingerprint density at radius 3 is 2.71 bits per heavy atom. The molecule has 0 aromatic heterocycles. The van der Waals surface area contributed by atoms with E-state index in [1.165, 1.54) is 0 Å². The molecule has 1 aliphatic carbocycles. The van der Waals surface area contributed by atoms with E-state index < -0.39 is 11.6 Å². The van der Waals surface area contributed by atoms with Gasteiger partial charge in [0.15, 0.2) is 0 Å². The van der Waals surface area contributed by atoms with Crippen LogP contribution in [0.4, 0.5) is 10.5 Å². The van der Waals surface area contributed by atoms with Crippen molar-refractivity contribution in [3.05, 3.63) is 29.8 Å². The molecule has 1 saturated carbocycles. The Labute approximate surface area is 140 Å². The maximum Gasteiger partial charge on any atom is 0.325 e. The molecule has 0 bridgehead atoms. The fourth-order valence-corrected chi connectivity index (χ4v) is 4.29. The molecule has 1 N–H and O–H groups in total. The van der Waals surface area contributed by atoms with Gasteiger partial charge in [-0.1, -0.05) is 31.0 Å². The van der Waals surface area contributed by atoms with Crippen LogP contribution in [0.1, 0.15) is 38.2 Å². The highest BCUT2D eigenvalue weighted by atomic mass is 16.2. The zero-order chi connectivity index (χ0) is 16.9. The summed E-state index contributed by atoms with van der Waals surface area (Å²) in [5.74, 6) is -0.440. The highest BCUT2D eigenvalue weighted by Crippen LogP contribution is 2.36. The molecule has 1 spiro atoms. The molecule has 6 nitrogen and oxygen atoms in total. The molecule has 3 aliphatic rings. The van der Waals surface area contributed by atoms with E-state index in [4.69, 9.17) is 0 Å². The first-order valence-electron chi connectivity index (χ1n) is 8.56. The quantitative estimate of drug-likeness (QED) is 0.843. The first-order chi connectivity index (χ1) is 11.5. The van der Waals surface area contributed by atoms with E-state index in [1.807, 2.05) is 31.2 Å². The van der Waals surface area contributed by atoms with Crippen molar-refractivity contribution in [3.63, 3.8) is 0 Å². The van der Waals surface area contributed by atoms with Crippen LogP contribution in [0, 0.1) is 0 Å². The third kappa shape index (κ3) is 2.12. The summed E-state index contributed by atoms with van der Waals surface area (Å²) in [7, 11) is 0. The molecular formula is C18H21N3O3. The van der Waals surface area contributed by atoms with Gasteiger partial charge in [0, 0.05) is 11.7 Å². The van der Waals surface area contributed by atoms with Crippen molar-refractivity contribution in [2.45, 2.75) is 50.6 Å². The highest BCUT2D eigenvalue weighted by Gasteiger charge is 2.53. The second kappa shape index (κ2) is 5.33. The van der Waals surface area contributed by atoms with E-state index in [2.05, 4.69) is 5.32 Å². The van der Waals surface area contributed by atoms with Crippen molar-refractivity contribution in [2.24, 2.45) is 0 Å². The molecule has 4 amide bonds. The Kier molecular flexibility index (Phi) is 3.37. The minimum Gasteiger partial charge on any atom is -0.323 e. The summed E-state index contributed by atoms with van der Waals surface area (Å²) in [6.07, 6.45) is 4.01. The molecule has 0 radical (unpaired) electrons. The average Bonchev–Trinajstić information content (AvgIpc) is 3.20. The lowest BCUT2D eigenvalue weighted by molar-refractivity contribution is -0.134. The van der Waals surface area contributed by atoms with E-state index in [9.17, 15) is 14.4 Å². The van der Waals surface area contributed by atoms with Crippen LogP contribution in [0.25, 0.3) is 0 Å². The van der Waals surface area contributed by atoms with Gasteiger partial charge in [0.1, 0.15) is 12.1 Å². The number of urea groups is 1. The molecule has 126 valence electrons. The number of amides is 4. The van der Waals surface area contributed by atoms with E-state index >= 15 is 0 Å². The van der Waals surface area contributed by atoms with E-state index in [0.717, 1.165) is 35.4 Å². The second-order valence-corrected chi connectivity index (χ2v) is 7.06. The predicted octanol–water partition coefficient (Wildman–Crippen LogP) is 1.83. The van der Waals surface area contributed by atoms with Crippen molar-refractivity contribution in [3.8, 4) is 0 Å². The van der Waals surface area contributed by atoms with Gasteiger partial charge < -0.3 is 10.2 Å². The smallest absolute Gasteiger partial charge is 0.323 e. The number of para-hydroxylation sites is 1. The summed E-state index contributed by atoms with van der Waals surface area (Å²) in [5, 5.41) is 2.82. The van der Waals surface area contributed by atoms with Crippen molar-refractivity contribution in [1.29, 1.82) is 0 Å². The first-order valence-corrected chi connectivity index (χ1v) is 8.56. The molecule has 2 heterocycles. The lowest BCUT2D eigenvalue weighted by Crippen LogP contribution is -2.47. The number of anilines is 1. The van der Waals surface area contributed by atoms with Crippen LogP contribution in [-0.4, -0.2) is 40.9 Å². The SMILES string of the molecule is CC1Cc2ccccc2N1C(=O)CN1C(=O)NC2(CCCC2)C1=O. The summed E-state index contributed by atoms with van der Waals surface area (Å²) in [6.45, 7) is 1.80. The van der Waals surface area contributed by atoms with E-state index in [0.29, 0.717) is 12.8 Å². The normalized spacial score (nSPS) is 24.6. The van der Waals surface area contributed by atoms with Crippen LogP contribution in [-0.2, 0) is 16.0 Å². The number of carbonyl (C=O) groups is 3. The largest absolute Gasteiger partial charge is 0.325 e. The first kappa shape index (κ1) is 15.2. The zero-order valence-corrected chi connectivity index (χ0v) is 13.7. The number of imide groups is 1.